The summed E-state index contributed by atoms with van der Waals surface area (Å²) in [6.45, 7) is 3.06. The number of hydrogen-bond donors (Lipinski definition) is 1. The molecule has 3 heteroatoms. The molecule has 1 N–H and O–H groups in total. The Morgan fingerprint density at radius 1 is 1.05 bits per heavy atom. The van der Waals surface area contributed by atoms with Crippen LogP contribution in [-0.4, -0.2) is 4.57 Å². The van der Waals surface area contributed by atoms with Crippen molar-refractivity contribution >= 4 is 15.9 Å². The highest BCUT2D eigenvalue weighted by Crippen LogP contribution is 2.31. The Bertz CT molecular complexity index is 818. The lowest BCUT2D eigenvalue weighted by molar-refractivity contribution is 0.600. The van der Waals surface area contributed by atoms with Crippen molar-refractivity contribution in [1.82, 2.24) is 9.88 Å². The van der Waals surface area contributed by atoms with Crippen molar-refractivity contribution in [2.75, 3.05) is 0 Å². The van der Waals surface area contributed by atoms with Crippen LogP contribution in [0.4, 0.5) is 0 Å². The van der Waals surface area contributed by atoms with Crippen molar-refractivity contribution in [3.8, 4) is 5.69 Å². The maximum absolute atomic E-state index is 3.72. The first-order valence-electron chi connectivity index (χ1n) is 7.49. The molecule has 0 bridgehead atoms. The van der Waals surface area contributed by atoms with Crippen LogP contribution in [0, 0.1) is 6.92 Å². The lowest BCUT2D eigenvalue weighted by Gasteiger charge is -2.18. The van der Waals surface area contributed by atoms with E-state index < -0.39 is 0 Å². The second kappa shape index (κ2) is 5.41. The van der Waals surface area contributed by atoms with Gasteiger partial charge in [0.25, 0.3) is 0 Å². The molecule has 1 aliphatic rings. The number of rotatable bonds is 1. The summed E-state index contributed by atoms with van der Waals surface area (Å²) in [4.78, 5) is 0. The Balaban J connectivity index is 1.87. The standard InChI is InChI=1S/C19H17BrN2/c1-13-4-2-5-17-16(13)12-21-19(18-6-3-11-22(17)18)14-7-9-15(20)10-8-14/h2-11,19,21H,12H2,1H3. The molecule has 4 rings (SSSR count). The zero-order valence-corrected chi connectivity index (χ0v) is 14.0. The largest absolute Gasteiger partial charge is 0.319 e. The Labute approximate surface area is 138 Å². The van der Waals surface area contributed by atoms with E-state index in [1.165, 1.54) is 28.1 Å². The zero-order valence-electron chi connectivity index (χ0n) is 12.4. The van der Waals surface area contributed by atoms with E-state index in [2.05, 4.69) is 93.5 Å². The van der Waals surface area contributed by atoms with Gasteiger partial charge in [0.1, 0.15) is 0 Å². The molecule has 0 saturated heterocycles. The van der Waals surface area contributed by atoms with Crippen LogP contribution in [0.2, 0.25) is 0 Å². The second-order valence-corrected chi connectivity index (χ2v) is 6.66. The Morgan fingerprint density at radius 2 is 1.86 bits per heavy atom. The molecular formula is C19H17BrN2. The number of halogens is 1. The van der Waals surface area contributed by atoms with Gasteiger partial charge < -0.3 is 9.88 Å². The van der Waals surface area contributed by atoms with E-state index in [-0.39, 0.29) is 6.04 Å². The molecule has 0 amide bonds. The van der Waals surface area contributed by atoms with Crippen LogP contribution < -0.4 is 5.32 Å². The number of benzene rings is 2. The van der Waals surface area contributed by atoms with E-state index in [4.69, 9.17) is 0 Å². The quantitative estimate of drug-likeness (QED) is 0.669. The third-order valence-corrected chi connectivity index (χ3v) is 4.94. The average molecular weight is 353 g/mol. The molecule has 0 radical (unpaired) electrons. The third-order valence-electron chi connectivity index (χ3n) is 4.41. The van der Waals surface area contributed by atoms with E-state index in [9.17, 15) is 0 Å². The van der Waals surface area contributed by atoms with Gasteiger partial charge in [0.15, 0.2) is 0 Å². The number of fused-ring (bicyclic) bond motifs is 3. The first-order valence-corrected chi connectivity index (χ1v) is 8.28. The topological polar surface area (TPSA) is 17.0 Å². The number of nitrogens with zero attached hydrogens (tertiary/aromatic N) is 1. The highest BCUT2D eigenvalue weighted by atomic mass is 79.9. The summed E-state index contributed by atoms with van der Waals surface area (Å²) in [7, 11) is 0. The normalized spacial score (nSPS) is 16.7. The minimum Gasteiger partial charge on any atom is -0.319 e. The lowest BCUT2D eigenvalue weighted by Crippen LogP contribution is -2.21. The van der Waals surface area contributed by atoms with Gasteiger partial charge in [-0.3, -0.25) is 0 Å². The van der Waals surface area contributed by atoms with Crippen molar-refractivity contribution < 1.29 is 0 Å². The molecule has 1 unspecified atom stereocenters. The Hall–Kier alpha value is -1.84. The van der Waals surface area contributed by atoms with Gasteiger partial charge in [-0.25, -0.2) is 0 Å². The van der Waals surface area contributed by atoms with Gasteiger partial charge >= 0.3 is 0 Å². The monoisotopic (exact) mass is 352 g/mol. The smallest absolute Gasteiger partial charge is 0.0737 e. The maximum atomic E-state index is 3.72. The molecule has 2 heterocycles. The van der Waals surface area contributed by atoms with Crippen LogP contribution in [0.15, 0.2) is 65.3 Å². The van der Waals surface area contributed by atoms with Gasteiger partial charge in [0.2, 0.25) is 0 Å². The molecule has 2 nitrogen and oxygen atoms in total. The van der Waals surface area contributed by atoms with Gasteiger partial charge in [0, 0.05) is 22.9 Å². The number of aromatic nitrogens is 1. The number of nitrogens with one attached hydrogen (secondary N) is 1. The van der Waals surface area contributed by atoms with E-state index in [0.717, 1.165) is 11.0 Å². The molecule has 1 aliphatic heterocycles. The van der Waals surface area contributed by atoms with Crippen LogP contribution in [0.5, 0.6) is 0 Å². The van der Waals surface area contributed by atoms with Crippen molar-refractivity contribution in [2.45, 2.75) is 19.5 Å². The van der Waals surface area contributed by atoms with E-state index in [1.807, 2.05) is 0 Å². The minimum atomic E-state index is 0.204. The van der Waals surface area contributed by atoms with Crippen LogP contribution in [0.1, 0.15) is 28.4 Å². The first kappa shape index (κ1) is 13.8. The summed E-state index contributed by atoms with van der Waals surface area (Å²) >= 11 is 3.52. The van der Waals surface area contributed by atoms with Gasteiger partial charge in [-0.2, -0.15) is 0 Å². The molecule has 1 aromatic heterocycles. The van der Waals surface area contributed by atoms with Gasteiger partial charge in [-0.1, -0.05) is 40.2 Å². The minimum absolute atomic E-state index is 0.204. The summed E-state index contributed by atoms with van der Waals surface area (Å²) < 4.78 is 3.43. The number of aryl methyl sites for hydroxylation is 1. The van der Waals surface area contributed by atoms with Gasteiger partial charge in [0.05, 0.1) is 11.7 Å². The van der Waals surface area contributed by atoms with Crippen molar-refractivity contribution in [1.29, 1.82) is 0 Å². The predicted molar refractivity (Wildman–Crippen MR) is 93.3 cm³/mol. The second-order valence-electron chi connectivity index (χ2n) is 5.74. The summed E-state index contributed by atoms with van der Waals surface area (Å²) in [6.07, 6.45) is 2.16. The van der Waals surface area contributed by atoms with Crippen LogP contribution >= 0.6 is 15.9 Å². The first-order chi connectivity index (χ1) is 10.7. The molecule has 1 atom stereocenters. The van der Waals surface area contributed by atoms with Crippen molar-refractivity contribution in [3.63, 3.8) is 0 Å². The highest BCUT2D eigenvalue weighted by molar-refractivity contribution is 9.10. The fraction of sp³-hybridized carbons (Fsp3) is 0.158. The van der Waals surface area contributed by atoms with Crippen LogP contribution in [0.25, 0.3) is 5.69 Å². The van der Waals surface area contributed by atoms with Gasteiger partial charge in [-0.05, 0) is 53.9 Å². The average Bonchev–Trinajstić information content (AvgIpc) is 2.94. The Morgan fingerprint density at radius 3 is 2.68 bits per heavy atom. The zero-order chi connectivity index (χ0) is 15.1. The van der Waals surface area contributed by atoms with Crippen LogP contribution in [-0.2, 0) is 6.54 Å². The third kappa shape index (κ3) is 2.21. The molecule has 0 spiro atoms. The summed E-state index contributed by atoms with van der Waals surface area (Å²) in [5.41, 5.74) is 6.56. The predicted octanol–water partition coefficient (Wildman–Crippen LogP) is 4.74. The summed E-state index contributed by atoms with van der Waals surface area (Å²) in [5, 5.41) is 3.72. The fourth-order valence-corrected chi connectivity index (χ4v) is 3.51. The van der Waals surface area contributed by atoms with Crippen molar-refractivity contribution in [2.24, 2.45) is 0 Å². The fourth-order valence-electron chi connectivity index (χ4n) is 3.24. The highest BCUT2D eigenvalue weighted by Gasteiger charge is 2.23. The van der Waals surface area contributed by atoms with Crippen LogP contribution in [0.3, 0.4) is 0 Å². The number of hydrogen-bond acceptors (Lipinski definition) is 1. The lowest BCUT2D eigenvalue weighted by atomic mass is 10.0. The molecular weight excluding hydrogens is 336 g/mol. The SMILES string of the molecule is Cc1cccc2c1CNC(c1ccc(Br)cc1)c1cccn1-2. The van der Waals surface area contributed by atoms with E-state index >= 15 is 0 Å². The molecule has 22 heavy (non-hydrogen) atoms. The Kier molecular flexibility index (Phi) is 3.40. The molecule has 0 fully saturated rings. The summed E-state index contributed by atoms with van der Waals surface area (Å²) in [6, 6.07) is 19.6. The van der Waals surface area contributed by atoms with E-state index in [1.54, 1.807) is 0 Å². The van der Waals surface area contributed by atoms with Crippen molar-refractivity contribution in [3.05, 3.63) is 87.7 Å². The molecule has 0 aliphatic carbocycles. The summed E-state index contributed by atoms with van der Waals surface area (Å²) in [5.74, 6) is 0. The van der Waals surface area contributed by atoms with Gasteiger partial charge in [-0.15, -0.1) is 0 Å². The maximum Gasteiger partial charge on any atom is 0.0737 e. The molecule has 2 aromatic carbocycles. The van der Waals surface area contributed by atoms with E-state index in [0.29, 0.717) is 0 Å². The molecule has 3 aromatic rings. The molecule has 0 saturated carbocycles. The molecule has 110 valence electrons.